The van der Waals surface area contributed by atoms with Gasteiger partial charge < -0.3 is 9.47 Å². The summed E-state index contributed by atoms with van der Waals surface area (Å²) in [6.07, 6.45) is -0.177. The normalized spacial score (nSPS) is 12.6. The van der Waals surface area contributed by atoms with Crippen LogP contribution in [0.15, 0.2) is 103 Å². The first-order valence-corrected chi connectivity index (χ1v) is 11.5. The first-order valence-electron chi connectivity index (χ1n) is 10.1. The van der Waals surface area contributed by atoms with Crippen molar-refractivity contribution in [2.75, 3.05) is 13.9 Å². The van der Waals surface area contributed by atoms with Crippen molar-refractivity contribution in [2.24, 2.45) is 0 Å². The molecule has 0 saturated heterocycles. The van der Waals surface area contributed by atoms with Crippen LogP contribution in [0, 0.1) is 0 Å². The first kappa shape index (κ1) is 21.4. The van der Waals surface area contributed by atoms with Crippen LogP contribution in [0.25, 0.3) is 26.3 Å². The van der Waals surface area contributed by atoms with Crippen LogP contribution in [0.4, 0.5) is 0 Å². The quantitative estimate of drug-likeness (QED) is 0.212. The Morgan fingerprint density at radius 1 is 0.710 bits per heavy atom. The molecular weight excluding hydrogens is 398 g/mol. The van der Waals surface area contributed by atoms with Gasteiger partial charge in [-0.25, -0.2) is 0 Å². The second kappa shape index (κ2) is 9.53. The molecule has 0 saturated carbocycles. The summed E-state index contributed by atoms with van der Waals surface area (Å²) in [4.78, 5) is 0. The van der Waals surface area contributed by atoms with Gasteiger partial charge in [0.25, 0.3) is 0 Å². The van der Waals surface area contributed by atoms with Gasteiger partial charge >= 0.3 is 0 Å². The fourth-order valence-corrected chi connectivity index (χ4v) is 7.04. The van der Waals surface area contributed by atoms with E-state index in [1.165, 1.54) is 31.9 Å². The zero-order valence-corrected chi connectivity index (χ0v) is 18.3. The summed E-state index contributed by atoms with van der Waals surface area (Å²) in [5.74, 6) is 0. The van der Waals surface area contributed by atoms with Crippen molar-refractivity contribution in [1.82, 2.24) is 0 Å². The van der Waals surface area contributed by atoms with Crippen molar-refractivity contribution in [3.8, 4) is 5.30 Å². The van der Waals surface area contributed by atoms with Crippen molar-refractivity contribution in [1.29, 1.82) is 0 Å². The molecule has 0 bridgehead atoms. The van der Waals surface area contributed by atoms with E-state index in [0.717, 1.165) is 5.56 Å². The highest BCUT2D eigenvalue weighted by Gasteiger charge is 2.22. The average Bonchev–Trinajstić information content (AvgIpc) is 3.16. The molecule has 0 aliphatic carbocycles. The standard InChI is InChI=1S/C27H23O2P.B/c1-28-19-29-26(20-11-4-2-5-12-20)24-17-10-16-23-22-15-8-9-18-25(22)30(27(23)24)21-13-6-3-7-14-21;/h2-18,26H,19H2,1H3;/t26-,30?;/m1./s1. The first-order chi connectivity index (χ1) is 14.9. The smallest absolute Gasteiger partial charge is 0.147 e. The van der Waals surface area contributed by atoms with Gasteiger partial charge in [-0.1, -0.05) is 111 Å². The van der Waals surface area contributed by atoms with E-state index in [0.29, 0.717) is 0 Å². The van der Waals surface area contributed by atoms with Crippen molar-refractivity contribution in [3.05, 3.63) is 114 Å². The van der Waals surface area contributed by atoms with Gasteiger partial charge in [0.15, 0.2) is 0 Å². The maximum Gasteiger partial charge on any atom is 0.147 e. The maximum absolute atomic E-state index is 6.26. The summed E-state index contributed by atoms with van der Waals surface area (Å²) >= 11 is 0. The van der Waals surface area contributed by atoms with Gasteiger partial charge in [0.05, 0.1) is 0 Å². The van der Waals surface area contributed by atoms with Crippen LogP contribution in [0.2, 0.25) is 0 Å². The molecule has 0 N–H and O–H groups in total. The van der Waals surface area contributed by atoms with Crippen LogP contribution < -0.4 is 0 Å². The Balaban J connectivity index is 0.00000231. The number of methoxy groups -OCH3 is 1. The number of ether oxygens (including phenoxy) is 2. The van der Waals surface area contributed by atoms with E-state index in [1.807, 2.05) is 6.07 Å². The lowest BCUT2D eigenvalue weighted by Crippen LogP contribution is -2.08. The number of rotatable bonds is 6. The van der Waals surface area contributed by atoms with Crippen molar-refractivity contribution < 1.29 is 9.47 Å². The second-order valence-corrected chi connectivity index (χ2v) is 9.41. The summed E-state index contributed by atoms with van der Waals surface area (Å²) in [6.45, 7) is 0.249. The molecule has 1 unspecified atom stereocenters. The van der Waals surface area contributed by atoms with Crippen molar-refractivity contribution in [2.45, 2.75) is 6.10 Å². The van der Waals surface area contributed by atoms with Gasteiger partial charge in [-0.2, -0.15) is 0 Å². The molecule has 0 amide bonds. The molecule has 1 aromatic heterocycles. The lowest BCUT2D eigenvalue weighted by atomic mass is 9.99. The number of hydrogen-bond donors (Lipinski definition) is 0. The largest absolute Gasteiger partial charge is 0.359 e. The Morgan fingerprint density at radius 2 is 1.35 bits per heavy atom. The van der Waals surface area contributed by atoms with E-state index in [1.54, 1.807) is 7.11 Å². The van der Waals surface area contributed by atoms with E-state index in [9.17, 15) is 0 Å². The molecule has 1 heterocycles. The third-order valence-corrected chi connectivity index (χ3v) is 8.11. The Labute approximate surface area is 186 Å². The molecule has 0 aliphatic rings. The molecular formula is C27H23BO2P. The van der Waals surface area contributed by atoms with Crippen LogP contribution in [-0.2, 0) is 9.47 Å². The van der Waals surface area contributed by atoms with E-state index in [-0.39, 0.29) is 21.3 Å². The van der Waals surface area contributed by atoms with Crippen LogP contribution in [-0.4, -0.2) is 22.3 Å². The highest BCUT2D eigenvalue weighted by molar-refractivity contribution is 7.68. The molecule has 0 aliphatic heterocycles. The number of benzene rings is 4. The van der Waals surface area contributed by atoms with Crippen molar-refractivity contribution >= 4 is 37.0 Å². The minimum atomic E-state index is -0.651. The monoisotopic (exact) mass is 421 g/mol. The third kappa shape index (κ3) is 3.93. The minimum Gasteiger partial charge on any atom is -0.359 e. The highest BCUT2D eigenvalue weighted by Crippen LogP contribution is 2.57. The van der Waals surface area contributed by atoms with Gasteiger partial charge in [0.1, 0.15) is 12.9 Å². The zero-order chi connectivity index (χ0) is 20.3. The Kier molecular flexibility index (Phi) is 6.58. The van der Waals surface area contributed by atoms with Gasteiger partial charge in [-0.05, 0) is 27.2 Å². The molecule has 4 aromatic carbocycles. The van der Waals surface area contributed by atoms with E-state index in [2.05, 4.69) is 97.1 Å². The summed E-state index contributed by atoms with van der Waals surface area (Å²) in [6, 6.07) is 36.7. The fourth-order valence-electron chi connectivity index (χ4n) is 4.23. The van der Waals surface area contributed by atoms with Crippen LogP contribution in [0.1, 0.15) is 17.2 Å². The molecule has 3 radical (unpaired) electrons. The SMILES string of the molecule is COCO[C@H](c1ccccc1)c1cccc2c3ccccc3p(-c3ccccc3)c12.[B]. The number of fused-ring (bicyclic) bond motifs is 3. The Bertz CT molecular complexity index is 1280. The van der Waals surface area contributed by atoms with Crippen molar-refractivity contribution in [3.63, 3.8) is 0 Å². The summed E-state index contributed by atoms with van der Waals surface area (Å²) in [5, 5.41) is 6.83. The van der Waals surface area contributed by atoms with E-state index < -0.39 is 7.53 Å². The van der Waals surface area contributed by atoms with E-state index >= 15 is 0 Å². The number of hydrogen-bond acceptors (Lipinski definition) is 2. The average molecular weight is 421 g/mol. The van der Waals surface area contributed by atoms with Crippen LogP contribution in [0.3, 0.4) is 0 Å². The minimum absolute atomic E-state index is 0. The highest BCUT2D eigenvalue weighted by atomic mass is 31.1. The van der Waals surface area contributed by atoms with Gasteiger partial charge in [0.2, 0.25) is 0 Å². The fraction of sp³-hybridized carbons (Fsp3) is 0.111. The molecule has 5 aromatic rings. The summed E-state index contributed by atoms with van der Waals surface area (Å²) in [5.41, 5.74) is 2.36. The predicted octanol–water partition coefficient (Wildman–Crippen LogP) is 7.30. The van der Waals surface area contributed by atoms with Crippen LogP contribution >= 0.6 is 7.53 Å². The molecule has 0 spiro atoms. The topological polar surface area (TPSA) is 18.5 Å². The van der Waals surface area contributed by atoms with Crippen LogP contribution in [0.5, 0.6) is 0 Å². The van der Waals surface area contributed by atoms with Gasteiger partial charge in [0, 0.05) is 25.8 Å². The molecule has 5 rings (SSSR count). The molecule has 2 atom stereocenters. The molecule has 31 heavy (non-hydrogen) atoms. The Hall–Kier alpha value is -2.84. The molecule has 151 valence electrons. The summed E-state index contributed by atoms with van der Waals surface area (Å²) < 4.78 is 11.6. The lowest BCUT2D eigenvalue weighted by Gasteiger charge is -2.20. The van der Waals surface area contributed by atoms with E-state index in [4.69, 9.17) is 9.47 Å². The molecule has 4 heteroatoms. The summed E-state index contributed by atoms with van der Waals surface area (Å²) in [7, 11) is 1.02. The Morgan fingerprint density at radius 3 is 2.10 bits per heavy atom. The second-order valence-electron chi connectivity index (χ2n) is 7.30. The maximum atomic E-state index is 6.26. The molecule has 0 fully saturated rings. The predicted molar refractivity (Wildman–Crippen MR) is 132 cm³/mol. The zero-order valence-electron chi connectivity index (χ0n) is 17.4. The lowest BCUT2D eigenvalue weighted by molar-refractivity contribution is -0.0586. The molecule has 2 nitrogen and oxygen atoms in total. The third-order valence-electron chi connectivity index (χ3n) is 5.48. The van der Waals surface area contributed by atoms with Gasteiger partial charge in [-0.3, -0.25) is 0 Å². The van der Waals surface area contributed by atoms with Gasteiger partial charge in [-0.15, -0.1) is 0 Å².